The minimum atomic E-state index is -0.638. The van der Waals surface area contributed by atoms with Crippen LogP contribution in [0.5, 0.6) is 0 Å². The number of nitrogens with one attached hydrogen (secondary N) is 1. The van der Waals surface area contributed by atoms with Crippen molar-refractivity contribution in [2.45, 2.75) is 22.6 Å². The first kappa shape index (κ1) is 24.1. The van der Waals surface area contributed by atoms with Gasteiger partial charge in [-0.2, -0.15) is 0 Å². The Morgan fingerprint density at radius 3 is 1.61 bits per heavy atom. The molecule has 4 rings (SSSR count). The largest absolute Gasteiger partial charge is 0.468 e. The van der Waals surface area contributed by atoms with Gasteiger partial charge in [0.1, 0.15) is 5.25 Å². The van der Waals surface area contributed by atoms with Crippen molar-refractivity contribution in [1.29, 1.82) is 0 Å². The Bertz CT molecular complexity index is 1140. The SMILES string of the molecule is COC(=O)C1SC(C(=O)c2ccc(Cl)cc2)C(c2ccc(Cl)cc2)NC1c1ccc(Cl)cc1. The molecule has 0 aromatic heterocycles. The number of methoxy groups -OCH3 is 1. The molecule has 0 radical (unpaired) electrons. The number of esters is 1. The maximum Gasteiger partial charge on any atom is 0.320 e. The molecule has 0 saturated carbocycles. The molecule has 0 aliphatic carbocycles. The van der Waals surface area contributed by atoms with Crippen molar-refractivity contribution in [3.05, 3.63) is 105 Å². The van der Waals surface area contributed by atoms with E-state index in [0.29, 0.717) is 20.6 Å². The molecule has 1 heterocycles. The zero-order valence-electron chi connectivity index (χ0n) is 17.5. The van der Waals surface area contributed by atoms with Crippen molar-refractivity contribution in [2.75, 3.05) is 7.11 Å². The van der Waals surface area contributed by atoms with E-state index in [1.807, 2.05) is 24.3 Å². The highest BCUT2D eigenvalue weighted by molar-refractivity contribution is 8.02. The number of benzene rings is 3. The minimum absolute atomic E-state index is 0.104. The van der Waals surface area contributed by atoms with Gasteiger partial charge in [-0.05, 0) is 59.7 Å². The van der Waals surface area contributed by atoms with Crippen LogP contribution in [0.15, 0.2) is 72.8 Å². The number of rotatable bonds is 5. The maximum absolute atomic E-state index is 13.6. The van der Waals surface area contributed by atoms with Crippen LogP contribution in [0.1, 0.15) is 33.6 Å². The number of hydrogen-bond acceptors (Lipinski definition) is 5. The number of carbonyl (C=O) groups is 2. The summed E-state index contributed by atoms with van der Waals surface area (Å²) in [6, 6.07) is 20.6. The minimum Gasteiger partial charge on any atom is -0.468 e. The highest BCUT2D eigenvalue weighted by atomic mass is 35.5. The molecule has 0 bridgehead atoms. The fourth-order valence-electron chi connectivity index (χ4n) is 3.86. The predicted molar refractivity (Wildman–Crippen MR) is 134 cm³/mol. The molecule has 8 heteroatoms. The van der Waals surface area contributed by atoms with Crippen molar-refractivity contribution in [2.24, 2.45) is 0 Å². The molecular weight excluding hydrogens is 501 g/mol. The molecule has 1 aliphatic heterocycles. The van der Waals surface area contributed by atoms with Crippen molar-refractivity contribution < 1.29 is 14.3 Å². The van der Waals surface area contributed by atoms with Gasteiger partial charge in [-0.15, -0.1) is 11.8 Å². The molecule has 1 fully saturated rings. The number of Topliss-reactive ketones (excluding diaryl/α,β-unsaturated/α-hetero) is 1. The third-order valence-electron chi connectivity index (χ3n) is 5.54. The van der Waals surface area contributed by atoms with Gasteiger partial charge in [0.25, 0.3) is 0 Å². The van der Waals surface area contributed by atoms with Crippen LogP contribution < -0.4 is 5.32 Å². The van der Waals surface area contributed by atoms with Crippen molar-refractivity contribution in [3.63, 3.8) is 0 Å². The lowest BCUT2D eigenvalue weighted by atomic mass is 9.93. The summed E-state index contributed by atoms with van der Waals surface area (Å²) in [6.07, 6.45) is 0. The van der Waals surface area contributed by atoms with Crippen LogP contribution in [0.25, 0.3) is 0 Å². The van der Waals surface area contributed by atoms with E-state index in [1.54, 1.807) is 48.5 Å². The lowest BCUT2D eigenvalue weighted by molar-refractivity contribution is -0.140. The van der Waals surface area contributed by atoms with E-state index in [0.717, 1.165) is 11.1 Å². The van der Waals surface area contributed by atoms with Gasteiger partial charge in [-0.1, -0.05) is 59.1 Å². The van der Waals surface area contributed by atoms with Crippen LogP contribution in [0, 0.1) is 0 Å². The zero-order chi connectivity index (χ0) is 23.5. The summed E-state index contributed by atoms with van der Waals surface area (Å²) >= 11 is 19.5. The summed E-state index contributed by atoms with van der Waals surface area (Å²) in [7, 11) is 1.35. The Balaban J connectivity index is 1.77. The molecule has 0 spiro atoms. The number of halogens is 3. The molecule has 3 aromatic carbocycles. The first-order valence-electron chi connectivity index (χ1n) is 10.2. The highest BCUT2D eigenvalue weighted by Gasteiger charge is 2.45. The van der Waals surface area contributed by atoms with Crippen LogP contribution in [-0.2, 0) is 9.53 Å². The van der Waals surface area contributed by atoms with Gasteiger partial charge in [0.2, 0.25) is 0 Å². The van der Waals surface area contributed by atoms with Crippen molar-refractivity contribution in [1.82, 2.24) is 5.32 Å². The zero-order valence-corrected chi connectivity index (χ0v) is 20.6. The van der Waals surface area contributed by atoms with Gasteiger partial charge in [0.15, 0.2) is 5.78 Å². The lowest BCUT2D eigenvalue weighted by Crippen LogP contribution is -2.49. The summed E-state index contributed by atoms with van der Waals surface area (Å²) < 4.78 is 5.10. The molecule has 1 saturated heterocycles. The van der Waals surface area contributed by atoms with E-state index in [4.69, 9.17) is 39.5 Å². The van der Waals surface area contributed by atoms with E-state index in [-0.39, 0.29) is 11.8 Å². The third-order valence-corrected chi connectivity index (χ3v) is 7.83. The summed E-state index contributed by atoms with van der Waals surface area (Å²) in [5, 5.41) is 4.07. The Kier molecular flexibility index (Phi) is 7.67. The van der Waals surface area contributed by atoms with Gasteiger partial charge >= 0.3 is 5.97 Å². The fourth-order valence-corrected chi connectivity index (χ4v) is 5.81. The molecule has 1 aliphatic rings. The van der Waals surface area contributed by atoms with Crippen molar-refractivity contribution >= 4 is 58.3 Å². The monoisotopic (exact) mass is 519 g/mol. The molecule has 4 nitrogen and oxygen atoms in total. The second-order valence-electron chi connectivity index (χ2n) is 7.60. The van der Waals surface area contributed by atoms with Gasteiger partial charge in [0, 0.05) is 20.6 Å². The van der Waals surface area contributed by atoms with E-state index < -0.39 is 22.5 Å². The first-order chi connectivity index (χ1) is 15.9. The Labute approximate surface area is 211 Å². The van der Waals surface area contributed by atoms with Gasteiger partial charge in [-0.25, -0.2) is 0 Å². The van der Waals surface area contributed by atoms with Crippen LogP contribution in [0.2, 0.25) is 15.1 Å². The van der Waals surface area contributed by atoms with E-state index >= 15 is 0 Å². The average Bonchev–Trinajstić information content (AvgIpc) is 2.84. The third kappa shape index (κ3) is 5.39. The van der Waals surface area contributed by atoms with Crippen LogP contribution in [0.4, 0.5) is 0 Å². The van der Waals surface area contributed by atoms with Crippen LogP contribution >= 0.6 is 46.6 Å². The van der Waals surface area contributed by atoms with Crippen LogP contribution in [0.3, 0.4) is 0 Å². The highest BCUT2D eigenvalue weighted by Crippen LogP contribution is 2.44. The van der Waals surface area contributed by atoms with E-state index in [1.165, 1.54) is 18.9 Å². The second-order valence-corrected chi connectivity index (χ2v) is 10.2. The number of hydrogen-bond donors (Lipinski definition) is 1. The number of ketones is 1. The molecule has 4 atom stereocenters. The first-order valence-corrected chi connectivity index (χ1v) is 12.2. The number of thioether (sulfide) groups is 1. The molecule has 0 amide bonds. The smallest absolute Gasteiger partial charge is 0.320 e. The second kappa shape index (κ2) is 10.5. The molecular formula is C25H20Cl3NO3S. The average molecular weight is 521 g/mol. The summed E-state index contributed by atoms with van der Waals surface area (Å²) in [4.78, 5) is 26.4. The molecule has 1 N–H and O–H groups in total. The molecule has 33 heavy (non-hydrogen) atoms. The van der Waals surface area contributed by atoms with Crippen LogP contribution in [-0.4, -0.2) is 29.4 Å². The van der Waals surface area contributed by atoms with E-state index in [2.05, 4.69) is 5.32 Å². The normalized spacial score (nSPS) is 22.5. The number of ether oxygens (including phenoxy) is 1. The van der Waals surface area contributed by atoms with Gasteiger partial charge < -0.3 is 10.1 Å². The van der Waals surface area contributed by atoms with Gasteiger partial charge in [0.05, 0.1) is 24.4 Å². The summed E-state index contributed by atoms with van der Waals surface area (Å²) in [5.41, 5.74) is 2.28. The van der Waals surface area contributed by atoms with E-state index in [9.17, 15) is 9.59 Å². The lowest BCUT2D eigenvalue weighted by Gasteiger charge is -2.41. The molecule has 4 unspecified atom stereocenters. The number of carbonyl (C=O) groups excluding carboxylic acids is 2. The predicted octanol–water partition coefficient (Wildman–Crippen LogP) is 6.56. The Morgan fingerprint density at radius 1 is 0.727 bits per heavy atom. The van der Waals surface area contributed by atoms with Gasteiger partial charge in [-0.3, -0.25) is 9.59 Å². The standard InChI is InChI=1S/C25H20Cl3NO3S/c1-32-25(31)24-21(15-4-10-18(27)11-5-15)29-20(14-2-8-17(26)9-3-14)23(33-24)22(30)16-6-12-19(28)13-7-16/h2-13,20-21,23-24,29H,1H3. The Hall–Kier alpha value is -2.02. The molecule has 3 aromatic rings. The summed E-state index contributed by atoms with van der Waals surface area (Å²) in [6.45, 7) is 0. The van der Waals surface area contributed by atoms with Crippen molar-refractivity contribution in [3.8, 4) is 0 Å². The Morgan fingerprint density at radius 2 is 1.15 bits per heavy atom. The topological polar surface area (TPSA) is 55.4 Å². The quantitative estimate of drug-likeness (QED) is 0.305. The molecule has 170 valence electrons. The maximum atomic E-state index is 13.6. The summed E-state index contributed by atoms with van der Waals surface area (Å²) in [5.74, 6) is -0.511. The fraction of sp³-hybridized carbons (Fsp3) is 0.200.